The van der Waals surface area contributed by atoms with Gasteiger partial charge in [-0.15, -0.1) is 0 Å². The number of ether oxygens (including phenoxy) is 2. The predicted molar refractivity (Wildman–Crippen MR) is 52.6 cm³/mol. The molecule has 88 valence electrons. The molecule has 0 saturated carbocycles. The molecular formula is C9H17NO5. The lowest BCUT2D eigenvalue weighted by atomic mass is 10.3. The first-order valence-corrected chi connectivity index (χ1v) is 4.66. The van der Waals surface area contributed by atoms with Gasteiger partial charge in [-0.05, 0) is 6.92 Å². The molecule has 0 aliphatic carbocycles. The monoisotopic (exact) mass is 219 g/mol. The first-order chi connectivity index (χ1) is 7.07. The van der Waals surface area contributed by atoms with E-state index in [2.05, 4.69) is 5.32 Å². The number of amides is 1. The molecule has 0 fully saturated rings. The Labute approximate surface area is 88.6 Å². The summed E-state index contributed by atoms with van der Waals surface area (Å²) >= 11 is 0. The number of hydrogen-bond acceptors (Lipinski definition) is 4. The molecular weight excluding hydrogens is 202 g/mol. The highest BCUT2D eigenvalue weighted by atomic mass is 16.5. The van der Waals surface area contributed by atoms with E-state index < -0.39 is 12.0 Å². The third-order valence-electron chi connectivity index (χ3n) is 1.65. The smallest absolute Gasteiger partial charge is 0.325 e. The summed E-state index contributed by atoms with van der Waals surface area (Å²) in [4.78, 5) is 21.5. The standard InChI is InChI=1S/C9H17NO5/c1-7(9(12)13)10-8(11)3-4-15-6-5-14-2/h7H,3-6H2,1-2H3,(H,10,11)(H,12,13)/t7-/m0/s1. The molecule has 1 atom stereocenters. The average molecular weight is 219 g/mol. The van der Waals surface area contributed by atoms with E-state index in [1.807, 2.05) is 0 Å². The maximum absolute atomic E-state index is 11.1. The van der Waals surface area contributed by atoms with E-state index in [1.165, 1.54) is 6.92 Å². The van der Waals surface area contributed by atoms with Gasteiger partial charge in [0.25, 0.3) is 0 Å². The van der Waals surface area contributed by atoms with Gasteiger partial charge in [0.1, 0.15) is 6.04 Å². The number of hydrogen-bond donors (Lipinski definition) is 2. The van der Waals surface area contributed by atoms with E-state index in [4.69, 9.17) is 14.6 Å². The summed E-state index contributed by atoms with van der Waals surface area (Å²) < 4.78 is 9.80. The molecule has 6 heteroatoms. The van der Waals surface area contributed by atoms with Gasteiger partial charge in [0.15, 0.2) is 0 Å². The summed E-state index contributed by atoms with van der Waals surface area (Å²) in [6, 6.07) is -0.864. The predicted octanol–water partition coefficient (Wildman–Crippen LogP) is -0.371. The zero-order chi connectivity index (χ0) is 11.7. The third-order valence-corrected chi connectivity index (χ3v) is 1.65. The Kier molecular flexibility index (Phi) is 7.57. The van der Waals surface area contributed by atoms with E-state index in [0.717, 1.165) is 0 Å². The number of carboxylic acids is 1. The van der Waals surface area contributed by atoms with Crippen LogP contribution in [0.3, 0.4) is 0 Å². The summed E-state index contributed by atoms with van der Waals surface area (Å²) in [5.41, 5.74) is 0. The number of carbonyl (C=O) groups excluding carboxylic acids is 1. The van der Waals surface area contributed by atoms with E-state index in [1.54, 1.807) is 7.11 Å². The van der Waals surface area contributed by atoms with E-state index in [9.17, 15) is 9.59 Å². The first-order valence-electron chi connectivity index (χ1n) is 4.66. The van der Waals surface area contributed by atoms with Crippen molar-refractivity contribution in [2.24, 2.45) is 0 Å². The Morgan fingerprint density at radius 1 is 1.33 bits per heavy atom. The summed E-state index contributed by atoms with van der Waals surface area (Å²) in [7, 11) is 1.56. The molecule has 0 aromatic heterocycles. The van der Waals surface area contributed by atoms with Gasteiger partial charge in [0.2, 0.25) is 5.91 Å². The van der Waals surface area contributed by atoms with Crippen LogP contribution in [-0.2, 0) is 19.1 Å². The van der Waals surface area contributed by atoms with Crippen molar-refractivity contribution in [1.29, 1.82) is 0 Å². The minimum Gasteiger partial charge on any atom is -0.480 e. The Morgan fingerprint density at radius 3 is 2.53 bits per heavy atom. The van der Waals surface area contributed by atoms with Gasteiger partial charge in [0.05, 0.1) is 19.8 Å². The summed E-state index contributed by atoms with van der Waals surface area (Å²) in [6.07, 6.45) is 0.154. The molecule has 0 heterocycles. The first kappa shape index (κ1) is 13.9. The van der Waals surface area contributed by atoms with Crippen molar-refractivity contribution in [3.63, 3.8) is 0 Å². The zero-order valence-electron chi connectivity index (χ0n) is 8.99. The summed E-state index contributed by atoms with van der Waals surface area (Å²) in [5, 5.41) is 10.8. The van der Waals surface area contributed by atoms with Crippen LogP contribution in [0.15, 0.2) is 0 Å². The highest BCUT2D eigenvalue weighted by Gasteiger charge is 2.13. The molecule has 0 bridgehead atoms. The second kappa shape index (κ2) is 8.19. The Hall–Kier alpha value is -1.14. The SMILES string of the molecule is COCCOCCC(=O)N[C@@H](C)C(=O)O. The van der Waals surface area contributed by atoms with Gasteiger partial charge in [-0.2, -0.15) is 0 Å². The molecule has 2 N–H and O–H groups in total. The highest BCUT2D eigenvalue weighted by Crippen LogP contribution is 1.87. The number of nitrogens with one attached hydrogen (secondary N) is 1. The lowest BCUT2D eigenvalue weighted by molar-refractivity contribution is -0.141. The molecule has 0 saturated heterocycles. The zero-order valence-corrected chi connectivity index (χ0v) is 8.99. The molecule has 0 radical (unpaired) electrons. The van der Waals surface area contributed by atoms with Crippen LogP contribution in [0.4, 0.5) is 0 Å². The second-order valence-corrected chi connectivity index (χ2v) is 2.98. The number of carboxylic acid groups (broad SMARTS) is 1. The number of aliphatic carboxylic acids is 1. The molecule has 1 amide bonds. The third kappa shape index (κ3) is 7.90. The minimum atomic E-state index is -1.05. The van der Waals surface area contributed by atoms with Crippen LogP contribution in [0, 0.1) is 0 Å². The number of carbonyl (C=O) groups is 2. The van der Waals surface area contributed by atoms with E-state index in [0.29, 0.717) is 13.2 Å². The van der Waals surface area contributed by atoms with Crippen LogP contribution >= 0.6 is 0 Å². The Morgan fingerprint density at radius 2 is 2.00 bits per heavy atom. The van der Waals surface area contributed by atoms with Crippen LogP contribution in [0.25, 0.3) is 0 Å². The normalized spacial score (nSPS) is 12.1. The Balaban J connectivity index is 3.45. The molecule has 0 rings (SSSR count). The lowest BCUT2D eigenvalue weighted by Crippen LogP contribution is -2.38. The van der Waals surface area contributed by atoms with Crippen LogP contribution in [0.1, 0.15) is 13.3 Å². The highest BCUT2D eigenvalue weighted by molar-refractivity contribution is 5.83. The van der Waals surface area contributed by atoms with Gasteiger partial charge >= 0.3 is 5.97 Å². The number of methoxy groups -OCH3 is 1. The van der Waals surface area contributed by atoms with E-state index >= 15 is 0 Å². The van der Waals surface area contributed by atoms with Gasteiger partial charge in [0, 0.05) is 13.5 Å². The lowest BCUT2D eigenvalue weighted by Gasteiger charge is -2.09. The molecule has 0 aromatic carbocycles. The summed E-state index contributed by atoms with van der Waals surface area (Å²) in [5.74, 6) is -1.38. The quantitative estimate of drug-likeness (QED) is 0.544. The summed E-state index contributed by atoms with van der Waals surface area (Å²) in [6.45, 7) is 2.58. The van der Waals surface area contributed by atoms with Crippen molar-refractivity contribution in [1.82, 2.24) is 5.32 Å². The molecule has 6 nitrogen and oxygen atoms in total. The molecule has 0 aliphatic heterocycles. The van der Waals surface area contributed by atoms with Crippen molar-refractivity contribution in [3.8, 4) is 0 Å². The van der Waals surface area contributed by atoms with Crippen molar-refractivity contribution in [3.05, 3.63) is 0 Å². The minimum absolute atomic E-state index is 0.154. The van der Waals surface area contributed by atoms with Crippen molar-refractivity contribution in [2.45, 2.75) is 19.4 Å². The largest absolute Gasteiger partial charge is 0.480 e. The van der Waals surface area contributed by atoms with Crippen molar-refractivity contribution in [2.75, 3.05) is 26.9 Å². The van der Waals surface area contributed by atoms with Crippen molar-refractivity contribution >= 4 is 11.9 Å². The Bertz CT molecular complexity index is 207. The fourth-order valence-corrected chi connectivity index (χ4v) is 0.785. The fraction of sp³-hybridized carbons (Fsp3) is 0.778. The average Bonchev–Trinajstić information content (AvgIpc) is 2.17. The second-order valence-electron chi connectivity index (χ2n) is 2.98. The molecule has 0 aliphatic rings. The molecule has 0 spiro atoms. The van der Waals surface area contributed by atoms with Gasteiger partial charge in [-0.3, -0.25) is 9.59 Å². The van der Waals surface area contributed by atoms with Gasteiger partial charge in [-0.25, -0.2) is 0 Å². The van der Waals surface area contributed by atoms with Gasteiger partial charge in [-0.1, -0.05) is 0 Å². The van der Waals surface area contributed by atoms with E-state index in [-0.39, 0.29) is 18.9 Å². The van der Waals surface area contributed by atoms with Crippen LogP contribution in [0.5, 0.6) is 0 Å². The topological polar surface area (TPSA) is 84.9 Å². The molecule has 15 heavy (non-hydrogen) atoms. The van der Waals surface area contributed by atoms with Crippen LogP contribution < -0.4 is 5.32 Å². The maximum Gasteiger partial charge on any atom is 0.325 e. The van der Waals surface area contributed by atoms with Crippen LogP contribution in [0.2, 0.25) is 0 Å². The fourth-order valence-electron chi connectivity index (χ4n) is 0.785. The van der Waals surface area contributed by atoms with Crippen LogP contribution in [-0.4, -0.2) is 50.0 Å². The number of rotatable bonds is 8. The molecule has 0 aromatic rings. The van der Waals surface area contributed by atoms with Gasteiger partial charge < -0.3 is 19.9 Å². The molecule has 0 unspecified atom stereocenters. The van der Waals surface area contributed by atoms with Crippen molar-refractivity contribution < 1.29 is 24.2 Å². The maximum atomic E-state index is 11.1.